The molecule has 3 nitrogen and oxygen atoms in total. The van der Waals surface area contributed by atoms with Crippen LogP contribution < -0.4 is 4.74 Å². The molecular weight excluding hydrogens is 308 g/mol. The molecule has 3 aromatic rings. The summed E-state index contributed by atoms with van der Waals surface area (Å²) in [7, 11) is 2.03. The van der Waals surface area contributed by atoms with Crippen LogP contribution in [0.15, 0.2) is 65.7 Å². The summed E-state index contributed by atoms with van der Waals surface area (Å²) in [6, 6.07) is 19.1. The molecular formula is C19H17ClN2O. The SMILES string of the molecule is Cc1ccc(C=Nc2ccc(Oc3cccc(Cl)c3)cc2)n1C. The molecule has 1 aromatic heterocycles. The van der Waals surface area contributed by atoms with Gasteiger partial charge in [-0.15, -0.1) is 0 Å². The van der Waals surface area contributed by atoms with Gasteiger partial charge in [0.1, 0.15) is 11.5 Å². The molecule has 0 atom stereocenters. The van der Waals surface area contributed by atoms with Crippen molar-refractivity contribution in [1.29, 1.82) is 0 Å². The van der Waals surface area contributed by atoms with Gasteiger partial charge in [-0.25, -0.2) is 0 Å². The van der Waals surface area contributed by atoms with Gasteiger partial charge in [0.15, 0.2) is 0 Å². The van der Waals surface area contributed by atoms with Crippen molar-refractivity contribution in [2.75, 3.05) is 0 Å². The second-order valence-corrected chi connectivity index (χ2v) is 5.71. The molecule has 2 aromatic carbocycles. The summed E-state index contributed by atoms with van der Waals surface area (Å²) >= 11 is 5.95. The molecule has 3 rings (SSSR count). The van der Waals surface area contributed by atoms with Crippen molar-refractivity contribution in [3.63, 3.8) is 0 Å². The van der Waals surface area contributed by atoms with Crippen LogP contribution in [0, 0.1) is 6.92 Å². The van der Waals surface area contributed by atoms with Gasteiger partial charge in [0.05, 0.1) is 17.6 Å². The lowest BCUT2D eigenvalue weighted by molar-refractivity contribution is 0.483. The molecule has 0 radical (unpaired) electrons. The van der Waals surface area contributed by atoms with E-state index in [1.807, 2.05) is 55.7 Å². The average molecular weight is 325 g/mol. The average Bonchev–Trinajstić information content (AvgIpc) is 2.86. The Morgan fingerprint density at radius 2 is 1.78 bits per heavy atom. The zero-order valence-corrected chi connectivity index (χ0v) is 13.8. The fourth-order valence-electron chi connectivity index (χ4n) is 2.17. The lowest BCUT2D eigenvalue weighted by Crippen LogP contribution is -1.96. The zero-order chi connectivity index (χ0) is 16.2. The summed E-state index contributed by atoms with van der Waals surface area (Å²) in [5, 5.41) is 0.654. The van der Waals surface area contributed by atoms with Crippen LogP contribution in [-0.2, 0) is 7.05 Å². The first-order valence-electron chi connectivity index (χ1n) is 7.32. The van der Waals surface area contributed by atoms with Crippen LogP contribution in [0.3, 0.4) is 0 Å². The summed E-state index contributed by atoms with van der Waals surface area (Å²) in [4.78, 5) is 4.49. The first-order chi connectivity index (χ1) is 11.1. The van der Waals surface area contributed by atoms with Crippen LogP contribution in [0.2, 0.25) is 5.02 Å². The Kier molecular flexibility index (Phi) is 4.49. The third kappa shape index (κ3) is 3.82. The highest BCUT2D eigenvalue weighted by Gasteiger charge is 2.00. The largest absolute Gasteiger partial charge is 0.457 e. The lowest BCUT2D eigenvalue weighted by atomic mass is 10.3. The topological polar surface area (TPSA) is 26.5 Å². The van der Waals surface area contributed by atoms with Gasteiger partial charge in [-0.1, -0.05) is 17.7 Å². The standard InChI is InChI=1S/C19H17ClN2O/c1-14-6-9-17(22(14)2)13-21-16-7-10-18(11-8-16)23-19-5-3-4-15(20)12-19/h3-13H,1-2H3. The Morgan fingerprint density at radius 3 is 2.43 bits per heavy atom. The quantitative estimate of drug-likeness (QED) is 0.579. The molecule has 0 fully saturated rings. The Balaban J connectivity index is 1.71. The van der Waals surface area contributed by atoms with Gasteiger partial charge < -0.3 is 9.30 Å². The summed E-state index contributed by atoms with van der Waals surface area (Å²) < 4.78 is 7.86. The van der Waals surface area contributed by atoms with Crippen molar-refractivity contribution in [2.24, 2.45) is 12.0 Å². The molecule has 0 unspecified atom stereocenters. The molecule has 23 heavy (non-hydrogen) atoms. The number of benzene rings is 2. The molecule has 116 valence electrons. The third-order valence-corrected chi connectivity index (χ3v) is 3.86. The maximum atomic E-state index is 5.95. The van der Waals surface area contributed by atoms with E-state index in [-0.39, 0.29) is 0 Å². The van der Waals surface area contributed by atoms with Crippen LogP contribution in [0.5, 0.6) is 11.5 Å². The van der Waals surface area contributed by atoms with E-state index < -0.39 is 0 Å². The van der Waals surface area contributed by atoms with Gasteiger partial charge in [0.2, 0.25) is 0 Å². The highest BCUT2D eigenvalue weighted by molar-refractivity contribution is 6.30. The Labute approximate surface area is 140 Å². The summed E-state index contributed by atoms with van der Waals surface area (Å²) in [5.41, 5.74) is 3.15. The van der Waals surface area contributed by atoms with Crippen molar-refractivity contribution >= 4 is 23.5 Å². The van der Waals surface area contributed by atoms with Crippen molar-refractivity contribution in [3.05, 3.63) is 77.1 Å². The molecule has 4 heteroatoms. The molecule has 0 amide bonds. The Hall–Kier alpha value is -2.52. The van der Waals surface area contributed by atoms with Gasteiger partial charge in [0, 0.05) is 17.8 Å². The smallest absolute Gasteiger partial charge is 0.128 e. The van der Waals surface area contributed by atoms with E-state index in [0.717, 1.165) is 17.1 Å². The lowest BCUT2D eigenvalue weighted by Gasteiger charge is -2.06. The number of rotatable bonds is 4. The summed E-state index contributed by atoms with van der Waals surface area (Å²) in [5.74, 6) is 1.47. The van der Waals surface area contributed by atoms with Crippen LogP contribution in [0.25, 0.3) is 0 Å². The highest BCUT2D eigenvalue weighted by atomic mass is 35.5. The zero-order valence-electron chi connectivity index (χ0n) is 13.0. The van der Waals surface area contributed by atoms with E-state index in [0.29, 0.717) is 10.8 Å². The number of halogens is 1. The molecule has 0 saturated carbocycles. The van der Waals surface area contributed by atoms with Gasteiger partial charge in [-0.05, 0) is 61.5 Å². The van der Waals surface area contributed by atoms with Crippen LogP contribution >= 0.6 is 11.6 Å². The predicted octanol–water partition coefficient (Wildman–Crippen LogP) is 5.53. The number of hydrogen-bond acceptors (Lipinski definition) is 2. The number of hydrogen-bond donors (Lipinski definition) is 0. The van der Waals surface area contributed by atoms with Gasteiger partial charge in [0.25, 0.3) is 0 Å². The van der Waals surface area contributed by atoms with Crippen molar-refractivity contribution in [1.82, 2.24) is 4.57 Å². The van der Waals surface area contributed by atoms with E-state index in [4.69, 9.17) is 16.3 Å². The molecule has 0 aliphatic rings. The minimum absolute atomic E-state index is 0.654. The molecule has 0 N–H and O–H groups in total. The normalized spacial score (nSPS) is 11.1. The number of aliphatic imine (C=N–C) groups is 1. The maximum absolute atomic E-state index is 5.95. The Morgan fingerprint density at radius 1 is 1.00 bits per heavy atom. The number of ether oxygens (including phenoxy) is 1. The van der Waals surface area contributed by atoms with Crippen molar-refractivity contribution in [2.45, 2.75) is 6.92 Å². The molecule has 0 aliphatic heterocycles. The predicted molar refractivity (Wildman–Crippen MR) is 95.4 cm³/mol. The van der Waals surface area contributed by atoms with Gasteiger partial charge in [-0.2, -0.15) is 0 Å². The van der Waals surface area contributed by atoms with E-state index >= 15 is 0 Å². The molecule has 0 bridgehead atoms. The van der Waals surface area contributed by atoms with Crippen LogP contribution in [0.1, 0.15) is 11.4 Å². The maximum Gasteiger partial charge on any atom is 0.128 e. The molecule has 0 spiro atoms. The summed E-state index contributed by atoms with van der Waals surface area (Å²) in [6.07, 6.45) is 1.86. The molecule has 0 saturated heterocycles. The van der Waals surface area contributed by atoms with E-state index in [2.05, 4.69) is 28.6 Å². The van der Waals surface area contributed by atoms with Gasteiger partial charge >= 0.3 is 0 Å². The molecule has 0 aliphatic carbocycles. The van der Waals surface area contributed by atoms with E-state index in [1.165, 1.54) is 5.69 Å². The monoisotopic (exact) mass is 324 g/mol. The Bertz CT molecular complexity index is 835. The number of nitrogens with zero attached hydrogens (tertiary/aromatic N) is 2. The summed E-state index contributed by atoms with van der Waals surface area (Å²) in [6.45, 7) is 2.07. The van der Waals surface area contributed by atoms with E-state index in [1.54, 1.807) is 6.07 Å². The van der Waals surface area contributed by atoms with Crippen molar-refractivity contribution in [3.8, 4) is 11.5 Å². The second kappa shape index (κ2) is 6.71. The van der Waals surface area contributed by atoms with Crippen LogP contribution in [0.4, 0.5) is 5.69 Å². The minimum atomic E-state index is 0.654. The van der Waals surface area contributed by atoms with Crippen molar-refractivity contribution < 1.29 is 4.74 Å². The number of aryl methyl sites for hydroxylation is 1. The second-order valence-electron chi connectivity index (χ2n) is 5.27. The minimum Gasteiger partial charge on any atom is -0.457 e. The highest BCUT2D eigenvalue weighted by Crippen LogP contribution is 2.25. The number of aromatic nitrogens is 1. The fourth-order valence-corrected chi connectivity index (χ4v) is 2.35. The van der Waals surface area contributed by atoms with Crippen LogP contribution in [-0.4, -0.2) is 10.8 Å². The first-order valence-corrected chi connectivity index (χ1v) is 7.69. The molecule has 1 heterocycles. The van der Waals surface area contributed by atoms with Gasteiger partial charge in [-0.3, -0.25) is 4.99 Å². The third-order valence-electron chi connectivity index (χ3n) is 3.63. The van der Waals surface area contributed by atoms with E-state index in [9.17, 15) is 0 Å². The first kappa shape index (κ1) is 15.4. The fraction of sp³-hybridized carbons (Fsp3) is 0.105.